The number of nitriles is 1. The highest BCUT2D eigenvalue weighted by Crippen LogP contribution is 2.40. The van der Waals surface area contributed by atoms with Gasteiger partial charge in [0.1, 0.15) is 6.07 Å². The van der Waals surface area contributed by atoms with Gasteiger partial charge in [0.05, 0.1) is 12.1 Å². The Morgan fingerprint density at radius 3 is 1.18 bits per heavy atom. The van der Waals surface area contributed by atoms with E-state index in [4.69, 9.17) is 6.57 Å². The zero-order valence-corrected chi connectivity index (χ0v) is 34.6. The van der Waals surface area contributed by atoms with E-state index in [-0.39, 0.29) is 0 Å². The first-order chi connectivity index (χ1) is 30.4. The first kappa shape index (κ1) is 39.0. The van der Waals surface area contributed by atoms with E-state index in [0.717, 1.165) is 77.9 Å². The van der Waals surface area contributed by atoms with Gasteiger partial charge >= 0.3 is 0 Å². The van der Waals surface area contributed by atoms with Crippen LogP contribution in [0, 0.1) is 31.8 Å². The van der Waals surface area contributed by atoms with Crippen LogP contribution >= 0.6 is 0 Å². The Morgan fingerprint density at radius 2 is 0.758 bits per heavy atom. The van der Waals surface area contributed by atoms with Crippen molar-refractivity contribution in [2.24, 2.45) is 0 Å². The zero-order chi connectivity index (χ0) is 42.4. The lowest BCUT2D eigenvalue weighted by Crippen LogP contribution is -2.09. The molecule has 0 aromatic heterocycles. The molecule has 294 valence electrons. The van der Waals surface area contributed by atoms with Crippen molar-refractivity contribution in [1.29, 1.82) is 5.26 Å². The Morgan fingerprint density at radius 1 is 0.403 bits per heavy atom. The molecule has 0 bridgehead atoms. The van der Waals surface area contributed by atoms with Crippen molar-refractivity contribution in [2.45, 2.75) is 13.8 Å². The van der Waals surface area contributed by atoms with Crippen molar-refractivity contribution in [2.75, 3.05) is 9.80 Å². The minimum atomic E-state index is 0.549. The van der Waals surface area contributed by atoms with Crippen LogP contribution in [0.5, 0.6) is 0 Å². The smallest absolute Gasteiger partial charge is 0.202 e. The van der Waals surface area contributed by atoms with Gasteiger partial charge in [-0.15, -0.1) is 0 Å². The highest BCUT2D eigenvalue weighted by atomic mass is 15.1. The van der Waals surface area contributed by atoms with Gasteiger partial charge in [-0.1, -0.05) is 151 Å². The van der Waals surface area contributed by atoms with Crippen molar-refractivity contribution in [3.8, 4) is 6.07 Å². The Hall–Kier alpha value is -8.44. The molecule has 0 saturated heterocycles. The highest BCUT2D eigenvalue weighted by Gasteiger charge is 2.16. The van der Waals surface area contributed by atoms with E-state index < -0.39 is 0 Å². The first-order valence-electron chi connectivity index (χ1n) is 20.7. The van der Waals surface area contributed by atoms with Crippen molar-refractivity contribution >= 4 is 85.7 Å². The van der Waals surface area contributed by atoms with E-state index in [1.807, 2.05) is 48.5 Å². The van der Waals surface area contributed by atoms with E-state index >= 15 is 0 Å². The van der Waals surface area contributed by atoms with E-state index in [9.17, 15) is 5.26 Å². The molecule has 0 amide bonds. The van der Waals surface area contributed by atoms with Gasteiger partial charge in [-0.2, -0.15) is 5.26 Å². The van der Waals surface area contributed by atoms with E-state index in [1.165, 1.54) is 11.1 Å². The molecule has 0 fully saturated rings. The van der Waals surface area contributed by atoms with Crippen LogP contribution < -0.4 is 9.80 Å². The summed E-state index contributed by atoms with van der Waals surface area (Å²) >= 11 is 0. The lowest BCUT2D eigenvalue weighted by molar-refractivity contribution is 1.27. The Labute approximate surface area is 363 Å². The van der Waals surface area contributed by atoms with Crippen LogP contribution in [-0.4, -0.2) is 0 Å². The van der Waals surface area contributed by atoms with E-state index in [0.29, 0.717) is 11.3 Å². The molecule has 9 rings (SSSR count). The minimum absolute atomic E-state index is 0.549. The lowest BCUT2D eigenvalue weighted by atomic mass is 9.93. The second-order valence-electron chi connectivity index (χ2n) is 15.4. The highest BCUT2D eigenvalue weighted by molar-refractivity contribution is 6.16. The van der Waals surface area contributed by atoms with Crippen molar-refractivity contribution in [1.82, 2.24) is 0 Å². The number of anilines is 6. The van der Waals surface area contributed by atoms with E-state index in [2.05, 4.69) is 204 Å². The maximum Gasteiger partial charge on any atom is 0.202 e. The molecule has 9 aromatic rings. The fourth-order valence-corrected chi connectivity index (χ4v) is 7.98. The number of hydrogen-bond acceptors (Lipinski definition) is 3. The molecule has 0 spiro atoms. The van der Waals surface area contributed by atoms with Crippen LogP contribution in [0.15, 0.2) is 194 Å². The molecule has 0 aliphatic rings. The summed E-state index contributed by atoms with van der Waals surface area (Å²) in [4.78, 5) is 8.53. The third-order valence-electron chi connectivity index (χ3n) is 11.2. The van der Waals surface area contributed by atoms with Gasteiger partial charge in [0.25, 0.3) is 0 Å². The Kier molecular flexibility index (Phi) is 11.0. The summed E-state index contributed by atoms with van der Waals surface area (Å²) in [6.07, 6.45) is 8.30. The maximum absolute atomic E-state index is 10.5. The van der Waals surface area contributed by atoms with Crippen LogP contribution in [0.4, 0.5) is 39.8 Å². The molecule has 0 radical (unpaired) electrons. The van der Waals surface area contributed by atoms with E-state index in [1.54, 1.807) is 0 Å². The second-order valence-corrected chi connectivity index (χ2v) is 15.4. The lowest BCUT2D eigenvalue weighted by Gasteiger charge is -2.25. The van der Waals surface area contributed by atoms with Gasteiger partial charge < -0.3 is 9.80 Å². The predicted molar refractivity (Wildman–Crippen MR) is 262 cm³/mol. The van der Waals surface area contributed by atoms with Crippen LogP contribution in [0.25, 0.3) is 50.7 Å². The number of para-hydroxylation sites is 2. The van der Waals surface area contributed by atoms with Crippen molar-refractivity contribution in [3.05, 3.63) is 244 Å². The molecular formula is C58H42N4. The summed E-state index contributed by atoms with van der Waals surface area (Å²) < 4.78 is 0. The summed E-state index contributed by atoms with van der Waals surface area (Å²) in [6.45, 7) is 12.4. The Bertz CT molecular complexity index is 2950. The molecule has 0 N–H and O–H groups in total. The monoisotopic (exact) mass is 794 g/mol. The van der Waals surface area contributed by atoms with Crippen LogP contribution in [0.2, 0.25) is 0 Å². The first-order valence-corrected chi connectivity index (χ1v) is 20.7. The molecule has 4 heteroatoms. The molecule has 0 aliphatic carbocycles. The number of rotatable bonds is 10. The SMILES string of the molecule is [C-]#[N+]c1c2ccc(/C=C\c3ccc(N(c4ccccc4)c4ccc(C)cc4)cc3)cc2c(C#N)c2ccc(/C=C\c3ccc(N(c4ccccc4)c4ccc(C)cc4)cc3)cc12. The van der Waals surface area contributed by atoms with Crippen LogP contribution in [0.1, 0.15) is 38.9 Å². The quantitative estimate of drug-likeness (QED) is 0.0786. The maximum atomic E-state index is 10.5. The minimum Gasteiger partial charge on any atom is -0.311 e. The predicted octanol–water partition coefficient (Wildman–Crippen LogP) is 16.3. The van der Waals surface area contributed by atoms with Crippen LogP contribution in [0.3, 0.4) is 0 Å². The summed E-state index contributed by atoms with van der Waals surface area (Å²) in [5.41, 5.74) is 14.1. The summed E-state index contributed by atoms with van der Waals surface area (Å²) in [7, 11) is 0. The van der Waals surface area contributed by atoms with Gasteiger partial charge in [-0.05, 0) is 137 Å². The fourth-order valence-electron chi connectivity index (χ4n) is 7.98. The van der Waals surface area contributed by atoms with Gasteiger partial charge in [-0.3, -0.25) is 0 Å². The number of aryl methyl sites for hydroxylation is 2. The van der Waals surface area contributed by atoms with Gasteiger partial charge in [0.15, 0.2) is 0 Å². The summed E-state index contributed by atoms with van der Waals surface area (Å²) in [5.74, 6) is 0. The molecular weight excluding hydrogens is 753 g/mol. The molecule has 62 heavy (non-hydrogen) atoms. The molecule has 0 aliphatic heterocycles. The Balaban J connectivity index is 0.972. The fraction of sp³-hybridized carbons (Fsp3) is 0.0345. The molecule has 0 saturated carbocycles. The molecule has 0 unspecified atom stereocenters. The zero-order valence-electron chi connectivity index (χ0n) is 34.6. The van der Waals surface area contributed by atoms with Crippen molar-refractivity contribution < 1.29 is 0 Å². The largest absolute Gasteiger partial charge is 0.311 e. The van der Waals surface area contributed by atoms with Gasteiger partial charge in [0.2, 0.25) is 5.69 Å². The summed E-state index contributed by atoms with van der Waals surface area (Å²) in [5, 5.41) is 13.6. The number of fused-ring (bicyclic) bond motifs is 2. The molecule has 4 nitrogen and oxygen atoms in total. The second kappa shape index (κ2) is 17.4. The molecule has 0 heterocycles. The number of benzene rings is 9. The third kappa shape index (κ3) is 8.10. The van der Waals surface area contributed by atoms with Crippen LogP contribution in [-0.2, 0) is 0 Å². The third-order valence-corrected chi connectivity index (χ3v) is 11.2. The van der Waals surface area contributed by atoms with Crippen molar-refractivity contribution in [3.63, 3.8) is 0 Å². The summed E-state index contributed by atoms with van der Waals surface area (Å²) in [6, 6.07) is 69.5. The number of nitrogens with zero attached hydrogens (tertiary/aromatic N) is 4. The molecule has 0 atom stereocenters. The average Bonchev–Trinajstić information content (AvgIpc) is 3.32. The molecule has 9 aromatic carbocycles. The van der Waals surface area contributed by atoms with Gasteiger partial charge in [0, 0.05) is 34.1 Å². The van der Waals surface area contributed by atoms with Gasteiger partial charge in [-0.25, -0.2) is 4.85 Å². The topological polar surface area (TPSA) is 34.6 Å². The normalized spacial score (nSPS) is 11.2. The average molecular weight is 795 g/mol. The standard InChI is InChI=1S/C58H42N4/c1-41-14-28-49(29-15-41)61(47-10-6-4-7-11-47)51-32-22-43(23-33-51)18-20-45-27-37-54-55(38-45)57(40-59)53-36-26-46(39-56(53)58(54)60-3)21-19-44-24-34-52(35-25-44)62(48-12-8-5-9-13-48)50-30-16-42(2)17-31-50/h4-39H,1-2H3/b20-18-,21-19-. The number of hydrogen-bond donors (Lipinski definition) is 0.